The third-order valence-corrected chi connectivity index (χ3v) is 4.36. The lowest BCUT2D eigenvalue weighted by atomic mass is 10.0. The Morgan fingerprint density at radius 3 is 2.56 bits per heavy atom. The van der Waals surface area contributed by atoms with Gasteiger partial charge in [-0.3, -0.25) is 4.79 Å². The number of furan rings is 1. The number of hydrogen-bond donors (Lipinski definition) is 1. The Labute approximate surface area is 146 Å². The van der Waals surface area contributed by atoms with Gasteiger partial charge in [0, 0.05) is 22.7 Å². The molecule has 0 saturated carbocycles. The first kappa shape index (κ1) is 16.9. The van der Waals surface area contributed by atoms with Crippen molar-refractivity contribution in [3.8, 4) is 11.5 Å². The van der Waals surface area contributed by atoms with Gasteiger partial charge in [0.25, 0.3) is 0 Å². The summed E-state index contributed by atoms with van der Waals surface area (Å²) in [6.45, 7) is 4.06. The van der Waals surface area contributed by atoms with Gasteiger partial charge in [-0.15, -0.1) is 0 Å². The van der Waals surface area contributed by atoms with Gasteiger partial charge in [0.1, 0.15) is 5.58 Å². The molecule has 0 spiro atoms. The van der Waals surface area contributed by atoms with E-state index in [-0.39, 0.29) is 12.3 Å². The predicted octanol–water partition coefficient (Wildman–Crippen LogP) is 4.25. The van der Waals surface area contributed by atoms with Gasteiger partial charge in [-0.2, -0.15) is 0 Å². The van der Waals surface area contributed by atoms with Crippen LogP contribution in [0.1, 0.15) is 16.7 Å². The van der Waals surface area contributed by atoms with Crippen LogP contribution in [0.2, 0.25) is 0 Å². The topological polar surface area (TPSA) is 60.7 Å². The Balaban J connectivity index is 1.78. The van der Waals surface area contributed by atoms with E-state index in [1.54, 1.807) is 38.7 Å². The number of rotatable bonds is 5. The molecule has 1 N–H and O–H groups in total. The minimum Gasteiger partial charge on any atom is -0.493 e. The molecule has 3 aromatic rings. The maximum Gasteiger partial charge on any atom is 0.228 e. The quantitative estimate of drug-likeness (QED) is 0.755. The van der Waals surface area contributed by atoms with E-state index in [1.165, 1.54) is 5.56 Å². The highest BCUT2D eigenvalue weighted by Gasteiger charge is 2.14. The van der Waals surface area contributed by atoms with E-state index in [0.29, 0.717) is 17.2 Å². The van der Waals surface area contributed by atoms with Crippen molar-refractivity contribution in [2.75, 3.05) is 19.5 Å². The molecule has 2 aromatic carbocycles. The standard InChI is InChI=1S/C20H21NO4/c1-12-5-7-16-14(11-25-20(16)13(12)2)9-19(22)21-15-6-8-17(23-3)18(10-15)24-4/h5-8,10-11H,9H2,1-4H3,(H,21,22). The Bertz CT molecular complexity index is 927. The second-order valence-corrected chi connectivity index (χ2v) is 5.94. The molecule has 3 rings (SSSR count). The smallest absolute Gasteiger partial charge is 0.228 e. The molecule has 0 saturated heterocycles. The van der Waals surface area contributed by atoms with Crippen molar-refractivity contribution in [3.05, 3.63) is 53.3 Å². The maximum absolute atomic E-state index is 12.4. The van der Waals surface area contributed by atoms with Crippen LogP contribution in [0.3, 0.4) is 0 Å². The molecule has 0 radical (unpaired) electrons. The number of aryl methyl sites for hydroxylation is 2. The fourth-order valence-electron chi connectivity index (χ4n) is 2.82. The summed E-state index contributed by atoms with van der Waals surface area (Å²) in [5, 5.41) is 3.86. The lowest BCUT2D eigenvalue weighted by molar-refractivity contribution is -0.115. The Morgan fingerprint density at radius 2 is 1.84 bits per heavy atom. The summed E-state index contributed by atoms with van der Waals surface area (Å²) >= 11 is 0. The summed E-state index contributed by atoms with van der Waals surface area (Å²) in [6, 6.07) is 9.31. The fourth-order valence-corrected chi connectivity index (χ4v) is 2.82. The second-order valence-electron chi connectivity index (χ2n) is 5.94. The molecular formula is C20H21NO4. The summed E-state index contributed by atoms with van der Waals surface area (Å²) in [4.78, 5) is 12.4. The normalized spacial score (nSPS) is 10.7. The molecule has 0 unspecified atom stereocenters. The molecule has 1 heterocycles. The third-order valence-electron chi connectivity index (χ3n) is 4.36. The number of fused-ring (bicyclic) bond motifs is 1. The molecule has 0 fully saturated rings. The number of ether oxygens (including phenoxy) is 2. The molecule has 25 heavy (non-hydrogen) atoms. The van der Waals surface area contributed by atoms with Gasteiger partial charge in [-0.1, -0.05) is 12.1 Å². The first-order valence-corrected chi connectivity index (χ1v) is 8.01. The number of carbonyl (C=O) groups is 1. The number of anilines is 1. The lowest BCUT2D eigenvalue weighted by Gasteiger charge is -2.10. The van der Waals surface area contributed by atoms with Crippen LogP contribution >= 0.6 is 0 Å². The van der Waals surface area contributed by atoms with Gasteiger partial charge in [0.15, 0.2) is 11.5 Å². The number of amides is 1. The zero-order valence-corrected chi connectivity index (χ0v) is 14.8. The Hall–Kier alpha value is -2.95. The first-order chi connectivity index (χ1) is 12.0. The van der Waals surface area contributed by atoms with E-state index in [2.05, 4.69) is 5.32 Å². The fraction of sp³-hybridized carbons (Fsp3) is 0.250. The van der Waals surface area contributed by atoms with Crippen molar-refractivity contribution < 1.29 is 18.7 Å². The van der Waals surface area contributed by atoms with E-state index in [9.17, 15) is 4.79 Å². The number of nitrogens with one attached hydrogen (secondary N) is 1. The number of benzene rings is 2. The SMILES string of the molecule is COc1ccc(NC(=O)Cc2coc3c(C)c(C)ccc23)cc1OC. The van der Waals surface area contributed by atoms with E-state index in [1.807, 2.05) is 26.0 Å². The number of methoxy groups -OCH3 is 2. The van der Waals surface area contributed by atoms with Crippen molar-refractivity contribution >= 4 is 22.6 Å². The van der Waals surface area contributed by atoms with Crippen LogP contribution in [0.25, 0.3) is 11.0 Å². The van der Waals surface area contributed by atoms with Crippen LogP contribution in [-0.2, 0) is 11.2 Å². The average molecular weight is 339 g/mol. The van der Waals surface area contributed by atoms with Crippen LogP contribution in [0.4, 0.5) is 5.69 Å². The number of hydrogen-bond acceptors (Lipinski definition) is 4. The van der Waals surface area contributed by atoms with Gasteiger partial charge < -0.3 is 19.2 Å². The monoisotopic (exact) mass is 339 g/mol. The maximum atomic E-state index is 12.4. The van der Waals surface area contributed by atoms with Gasteiger partial charge in [0.2, 0.25) is 5.91 Å². The molecule has 0 aliphatic heterocycles. The van der Waals surface area contributed by atoms with Crippen molar-refractivity contribution in [1.29, 1.82) is 0 Å². The molecule has 1 aromatic heterocycles. The van der Waals surface area contributed by atoms with Crippen molar-refractivity contribution in [2.45, 2.75) is 20.3 Å². The van der Waals surface area contributed by atoms with Gasteiger partial charge in [-0.05, 0) is 37.1 Å². The van der Waals surface area contributed by atoms with E-state index in [0.717, 1.165) is 22.1 Å². The van der Waals surface area contributed by atoms with Crippen LogP contribution in [0.15, 0.2) is 41.0 Å². The molecule has 1 amide bonds. The molecule has 0 bridgehead atoms. The van der Waals surface area contributed by atoms with Crippen molar-refractivity contribution in [2.24, 2.45) is 0 Å². The molecule has 130 valence electrons. The summed E-state index contributed by atoms with van der Waals surface area (Å²) in [7, 11) is 3.13. The van der Waals surface area contributed by atoms with Gasteiger partial charge >= 0.3 is 0 Å². The Morgan fingerprint density at radius 1 is 1.08 bits per heavy atom. The van der Waals surface area contributed by atoms with Gasteiger partial charge in [0.05, 0.1) is 26.9 Å². The van der Waals surface area contributed by atoms with E-state index < -0.39 is 0 Å². The zero-order valence-electron chi connectivity index (χ0n) is 14.8. The summed E-state index contributed by atoms with van der Waals surface area (Å²) < 4.78 is 16.1. The third kappa shape index (κ3) is 3.31. The minimum absolute atomic E-state index is 0.117. The van der Waals surface area contributed by atoms with Crippen LogP contribution < -0.4 is 14.8 Å². The predicted molar refractivity (Wildman–Crippen MR) is 97.6 cm³/mol. The highest BCUT2D eigenvalue weighted by molar-refractivity contribution is 5.96. The lowest BCUT2D eigenvalue weighted by Crippen LogP contribution is -2.14. The average Bonchev–Trinajstić information content (AvgIpc) is 3.01. The highest BCUT2D eigenvalue weighted by Crippen LogP contribution is 2.30. The molecule has 5 heteroatoms. The van der Waals surface area contributed by atoms with Crippen LogP contribution in [0, 0.1) is 13.8 Å². The van der Waals surface area contributed by atoms with Crippen LogP contribution in [0.5, 0.6) is 11.5 Å². The van der Waals surface area contributed by atoms with Crippen molar-refractivity contribution in [1.82, 2.24) is 0 Å². The second kappa shape index (κ2) is 6.89. The van der Waals surface area contributed by atoms with Crippen LogP contribution in [-0.4, -0.2) is 20.1 Å². The van der Waals surface area contributed by atoms with Gasteiger partial charge in [-0.25, -0.2) is 0 Å². The molecule has 0 atom stereocenters. The number of carbonyl (C=O) groups excluding carboxylic acids is 1. The molecule has 0 aliphatic rings. The Kier molecular flexibility index (Phi) is 4.65. The van der Waals surface area contributed by atoms with E-state index >= 15 is 0 Å². The molecule has 0 aliphatic carbocycles. The van der Waals surface area contributed by atoms with E-state index in [4.69, 9.17) is 13.9 Å². The zero-order chi connectivity index (χ0) is 18.0. The van der Waals surface area contributed by atoms with Crippen molar-refractivity contribution in [3.63, 3.8) is 0 Å². The highest BCUT2D eigenvalue weighted by atomic mass is 16.5. The minimum atomic E-state index is -0.117. The largest absolute Gasteiger partial charge is 0.493 e. The molecule has 5 nitrogen and oxygen atoms in total. The molecular weight excluding hydrogens is 318 g/mol. The summed E-state index contributed by atoms with van der Waals surface area (Å²) in [5.74, 6) is 1.07. The first-order valence-electron chi connectivity index (χ1n) is 8.01. The summed E-state index contributed by atoms with van der Waals surface area (Å²) in [5.41, 5.74) is 4.64. The summed E-state index contributed by atoms with van der Waals surface area (Å²) in [6.07, 6.45) is 1.90.